The smallest absolute Gasteiger partial charge is 0.265 e. The summed E-state index contributed by atoms with van der Waals surface area (Å²) in [6.07, 6.45) is 0.978. The lowest BCUT2D eigenvalue weighted by Gasteiger charge is -2.14. The van der Waals surface area contributed by atoms with Gasteiger partial charge in [-0.15, -0.1) is 11.3 Å². The average Bonchev–Trinajstić information content (AvgIpc) is 3.02. The van der Waals surface area contributed by atoms with E-state index in [4.69, 9.17) is 4.74 Å². The summed E-state index contributed by atoms with van der Waals surface area (Å²) >= 11 is 1.24. The van der Waals surface area contributed by atoms with Gasteiger partial charge in [0.2, 0.25) is 0 Å². The first-order valence-corrected chi connectivity index (χ1v) is 9.01. The van der Waals surface area contributed by atoms with Gasteiger partial charge in [0.1, 0.15) is 10.7 Å². The predicted octanol–water partition coefficient (Wildman–Crippen LogP) is 5.10. The Bertz CT molecular complexity index is 902. The molecule has 3 rings (SSSR count). The van der Waals surface area contributed by atoms with Crippen LogP contribution in [0.25, 0.3) is 10.1 Å². The van der Waals surface area contributed by atoms with Crippen LogP contribution in [0.2, 0.25) is 0 Å². The molecular formula is C20H20FNO2S. The molecule has 0 radical (unpaired) electrons. The Labute approximate surface area is 150 Å². The fourth-order valence-corrected chi connectivity index (χ4v) is 3.90. The molecule has 3 aromatic rings. The van der Waals surface area contributed by atoms with Crippen LogP contribution in [0.5, 0.6) is 5.75 Å². The molecule has 2 aromatic carbocycles. The molecule has 1 amide bonds. The van der Waals surface area contributed by atoms with Crippen molar-refractivity contribution < 1.29 is 13.9 Å². The van der Waals surface area contributed by atoms with E-state index >= 15 is 0 Å². The quantitative estimate of drug-likeness (QED) is 0.690. The molecule has 1 atom stereocenters. The lowest BCUT2D eigenvalue weighted by Crippen LogP contribution is -2.26. The van der Waals surface area contributed by atoms with Gasteiger partial charge < -0.3 is 10.1 Å². The minimum absolute atomic E-state index is 0.154. The molecule has 0 bridgehead atoms. The maximum absolute atomic E-state index is 14.1. The summed E-state index contributed by atoms with van der Waals surface area (Å²) in [6, 6.07) is 12.8. The predicted molar refractivity (Wildman–Crippen MR) is 100 cm³/mol. The van der Waals surface area contributed by atoms with Crippen molar-refractivity contribution in [2.24, 2.45) is 0 Å². The third-order valence-electron chi connectivity index (χ3n) is 4.27. The standard InChI is InChI=1S/C20H20FNO2S/c1-4-13-8-10-14(11-9-13)12(2)22-20(23)19-18(24-3)17-15(21)6-5-7-16(17)25-19/h5-12H,4H2,1-3H3,(H,22,23). The Hall–Kier alpha value is -2.40. The normalized spacial score (nSPS) is 12.2. The highest BCUT2D eigenvalue weighted by Crippen LogP contribution is 2.39. The first-order chi connectivity index (χ1) is 12.0. The van der Waals surface area contributed by atoms with E-state index in [1.54, 1.807) is 12.1 Å². The van der Waals surface area contributed by atoms with Gasteiger partial charge in [-0.05, 0) is 36.6 Å². The van der Waals surface area contributed by atoms with E-state index in [1.807, 2.05) is 19.1 Å². The third kappa shape index (κ3) is 3.37. The number of nitrogens with one attached hydrogen (secondary N) is 1. The number of carbonyl (C=O) groups is 1. The van der Waals surface area contributed by atoms with Gasteiger partial charge in [-0.3, -0.25) is 4.79 Å². The second-order valence-corrected chi connectivity index (χ2v) is 6.92. The van der Waals surface area contributed by atoms with Gasteiger partial charge in [0.15, 0.2) is 5.75 Å². The van der Waals surface area contributed by atoms with Crippen molar-refractivity contribution in [3.63, 3.8) is 0 Å². The van der Waals surface area contributed by atoms with Crippen molar-refractivity contribution in [3.05, 3.63) is 64.3 Å². The van der Waals surface area contributed by atoms with Crippen LogP contribution in [-0.4, -0.2) is 13.0 Å². The Morgan fingerprint density at radius 1 is 1.24 bits per heavy atom. The largest absolute Gasteiger partial charge is 0.494 e. The second kappa shape index (κ2) is 7.23. The number of halogens is 1. The summed E-state index contributed by atoms with van der Waals surface area (Å²) in [5.74, 6) is -0.346. The number of hydrogen-bond donors (Lipinski definition) is 1. The molecule has 3 nitrogen and oxygen atoms in total. The van der Waals surface area contributed by atoms with E-state index in [2.05, 4.69) is 24.4 Å². The average molecular weight is 357 g/mol. The molecule has 0 saturated heterocycles. The zero-order valence-corrected chi connectivity index (χ0v) is 15.2. The zero-order valence-electron chi connectivity index (χ0n) is 14.4. The van der Waals surface area contributed by atoms with Crippen LogP contribution in [0, 0.1) is 5.82 Å². The van der Waals surface area contributed by atoms with Crippen molar-refractivity contribution in [2.45, 2.75) is 26.3 Å². The summed E-state index contributed by atoms with van der Waals surface area (Å²) in [4.78, 5) is 13.1. The number of methoxy groups -OCH3 is 1. The lowest BCUT2D eigenvalue weighted by molar-refractivity contribution is 0.0941. The fourth-order valence-electron chi connectivity index (χ4n) is 2.81. The maximum atomic E-state index is 14.1. The van der Waals surface area contributed by atoms with Crippen LogP contribution in [0.4, 0.5) is 4.39 Å². The van der Waals surface area contributed by atoms with Crippen molar-refractivity contribution >= 4 is 27.3 Å². The summed E-state index contributed by atoms with van der Waals surface area (Å²) in [5.41, 5.74) is 2.28. The topological polar surface area (TPSA) is 38.3 Å². The van der Waals surface area contributed by atoms with Gasteiger partial charge >= 0.3 is 0 Å². The van der Waals surface area contributed by atoms with Gasteiger partial charge in [-0.25, -0.2) is 4.39 Å². The Morgan fingerprint density at radius 3 is 2.60 bits per heavy atom. The number of benzene rings is 2. The van der Waals surface area contributed by atoms with Gasteiger partial charge in [-0.1, -0.05) is 37.3 Å². The number of aryl methyl sites for hydroxylation is 1. The number of hydrogen-bond acceptors (Lipinski definition) is 3. The van der Waals surface area contributed by atoms with E-state index in [0.717, 1.165) is 12.0 Å². The van der Waals surface area contributed by atoms with Gasteiger partial charge in [0.05, 0.1) is 18.5 Å². The monoisotopic (exact) mass is 357 g/mol. The molecule has 1 unspecified atom stereocenters. The second-order valence-electron chi connectivity index (χ2n) is 5.87. The molecule has 130 valence electrons. The van der Waals surface area contributed by atoms with E-state index < -0.39 is 0 Å². The highest BCUT2D eigenvalue weighted by Gasteiger charge is 2.22. The number of fused-ring (bicyclic) bond motifs is 1. The number of amides is 1. The molecule has 0 aliphatic rings. The van der Waals surface area contributed by atoms with Crippen molar-refractivity contribution in [1.29, 1.82) is 0 Å². The molecule has 1 N–H and O–H groups in total. The van der Waals surface area contributed by atoms with Crippen LogP contribution in [0.15, 0.2) is 42.5 Å². The van der Waals surface area contributed by atoms with E-state index in [9.17, 15) is 9.18 Å². The lowest BCUT2D eigenvalue weighted by atomic mass is 10.0. The van der Waals surface area contributed by atoms with E-state index in [1.165, 1.54) is 30.1 Å². The summed E-state index contributed by atoms with van der Waals surface area (Å²) in [5, 5.41) is 3.34. The molecule has 25 heavy (non-hydrogen) atoms. The Balaban J connectivity index is 1.87. The van der Waals surface area contributed by atoms with Crippen LogP contribution in [0.3, 0.4) is 0 Å². The SMILES string of the molecule is CCc1ccc(C(C)NC(=O)c2sc3cccc(F)c3c2OC)cc1. The van der Waals surface area contributed by atoms with Crippen LogP contribution in [-0.2, 0) is 6.42 Å². The molecule has 0 saturated carbocycles. The van der Waals surface area contributed by atoms with Gasteiger partial charge in [-0.2, -0.15) is 0 Å². The van der Waals surface area contributed by atoms with E-state index in [0.29, 0.717) is 20.7 Å². The zero-order chi connectivity index (χ0) is 18.0. The van der Waals surface area contributed by atoms with Crippen molar-refractivity contribution in [1.82, 2.24) is 5.32 Å². The first-order valence-electron chi connectivity index (χ1n) is 8.19. The van der Waals surface area contributed by atoms with E-state index in [-0.39, 0.29) is 17.8 Å². The molecule has 0 aliphatic heterocycles. The Morgan fingerprint density at radius 2 is 1.96 bits per heavy atom. The minimum Gasteiger partial charge on any atom is -0.494 e. The molecule has 0 spiro atoms. The molecular weight excluding hydrogens is 337 g/mol. The van der Waals surface area contributed by atoms with Crippen LogP contribution in [0.1, 0.15) is 40.7 Å². The van der Waals surface area contributed by atoms with Gasteiger partial charge in [0.25, 0.3) is 5.91 Å². The Kier molecular flexibility index (Phi) is 5.04. The van der Waals surface area contributed by atoms with Crippen molar-refractivity contribution in [3.8, 4) is 5.75 Å². The third-order valence-corrected chi connectivity index (χ3v) is 5.40. The highest BCUT2D eigenvalue weighted by atomic mass is 32.1. The van der Waals surface area contributed by atoms with Crippen LogP contribution < -0.4 is 10.1 Å². The maximum Gasteiger partial charge on any atom is 0.265 e. The summed E-state index contributed by atoms with van der Waals surface area (Å²) < 4.78 is 20.1. The highest BCUT2D eigenvalue weighted by molar-refractivity contribution is 7.21. The molecule has 5 heteroatoms. The number of ether oxygens (including phenoxy) is 1. The molecule has 0 fully saturated rings. The van der Waals surface area contributed by atoms with Gasteiger partial charge in [0, 0.05) is 4.70 Å². The molecule has 1 aromatic heterocycles. The number of thiophene rings is 1. The number of carbonyl (C=O) groups excluding carboxylic acids is 1. The summed E-state index contributed by atoms with van der Waals surface area (Å²) in [6.45, 7) is 4.03. The van der Waals surface area contributed by atoms with Crippen LogP contribution >= 0.6 is 11.3 Å². The first kappa shape index (κ1) is 17.4. The molecule has 1 heterocycles. The minimum atomic E-state index is -0.382. The van der Waals surface area contributed by atoms with Crippen molar-refractivity contribution in [2.75, 3.05) is 7.11 Å². The number of rotatable bonds is 5. The summed E-state index contributed by atoms with van der Waals surface area (Å²) in [7, 11) is 1.46. The fraction of sp³-hybridized carbons (Fsp3) is 0.250. The molecule has 0 aliphatic carbocycles.